The Balaban J connectivity index is 1.54. The van der Waals surface area contributed by atoms with Gasteiger partial charge in [0, 0.05) is 48.9 Å². The van der Waals surface area contributed by atoms with E-state index in [2.05, 4.69) is 62.3 Å². The second-order valence-corrected chi connectivity index (χ2v) is 8.87. The molecule has 0 unspecified atom stereocenters. The Bertz CT molecular complexity index is 726. The van der Waals surface area contributed by atoms with E-state index in [-0.39, 0.29) is 5.41 Å². The minimum atomic E-state index is 0.235. The molecular weight excluding hydrogens is 302 g/mol. The number of thiazole rings is 1. The molecule has 0 spiro atoms. The van der Waals surface area contributed by atoms with Gasteiger partial charge in [0.15, 0.2) is 0 Å². The number of hydrogen-bond acceptors (Lipinski definition) is 4. The van der Waals surface area contributed by atoms with Crippen molar-refractivity contribution in [1.29, 1.82) is 0 Å². The van der Waals surface area contributed by atoms with Crippen LogP contribution in [0.4, 0.5) is 5.69 Å². The fraction of sp³-hybridized carbons (Fsp3) is 0.526. The molecule has 1 fully saturated rings. The molecular formula is C19H25N3S. The van der Waals surface area contributed by atoms with Gasteiger partial charge in [0.05, 0.1) is 9.88 Å². The third kappa shape index (κ3) is 2.58. The number of nitrogens with zero attached hydrogens (tertiary/aromatic N) is 2. The lowest BCUT2D eigenvalue weighted by atomic mass is 9.86. The zero-order chi connectivity index (χ0) is 16.2. The standard InChI is InChI=1S/C19H25N3S/c1-12(2)22-9-14(10-22)18-20-8-17(23-18)13-5-6-15-16(7-13)21-11-19(15,3)4/h5-8,12,14,21H,9-11H2,1-4H3. The Hall–Kier alpha value is -1.39. The molecule has 2 aliphatic rings. The van der Waals surface area contributed by atoms with Gasteiger partial charge in [0.2, 0.25) is 0 Å². The highest BCUT2D eigenvalue weighted by Gasteiger charge is 2.32. The first-order valence-electron chi connectivity index (χ1n) is 8.52. The summed E-state index contributed by atoms with van der Waals surface area (Å²) in [6.45, 7) is 12.5. The summed E-state index contributed by atoms with van der Waals surface area (Å²) in [4.78, 5) is 8.50. The third-order valence-electron chi connectivity index (χ3n) is 5.27. The summed E-state index contributed by atoms with van der Waals surface area (Å²) in [6, 6.07) is 7.49. The van der Waals surface area contributed by atoms with E-state index in [1.807, 2.05) is 11.3 Å². The summed E-state index contributed by atoms with van der Waals surface area (Å²) >= 11 is 1.86. The highest BCUT2D eigenvalue weighted by Crippen LogP contribution is 2.40. The van der Waals surface area contributed by atoms with Gasteiger partial charge in [-0.15, -0.1) is 11.3 Å². The van der Waals surface area contributed by atoms with Gasteiger partial charge in [-0.1, -0.05) is 26.0 Å². The molecule has 3 heterocycles. The number of benzene rings is 1. The van der Waals surface area contributed by atoms with Crippen molar-refractivity contribution in [1.82, 2.24) is 9.88 Å². The molecule has 1 aromatic carbocycles. The predicted octanol–water partition coefficient (Wildman–Crippen LogP) is 4.32. The fourth-order valence-corrected chi connectivity index (χ4v) is 4.54. The number of nitrogens with one attached hydrogen (secondary N) is 1. The van der Waals surface area contributed by atoms with Crippen LogP contribution in [-0.2, 0) is 5.41 Å². The molecule has 0 atom stereocenters. The molecule has 0 bridgehead atoms. The second-order valence-electron chi connectivity index (χ2n) is 7.81. The zero-order valence-electron chi connectivity index (χ0n) is 14.4. The van der Waals surface area contributed by atoms with E-state index >= 15 is 0 Å². The van der Waals surface area contributed by atoms with Crippen molar-refractivity contribution in [2.45, 2.75) is 45.1 Å². The minimum Gasteiger partial charge on any atom is -0.384 e. The van der Waals surface area contributed by atoms with E-state index in [9.17, 15) is 0 Å². The first-order chi connectivity index (χ1) is 10.9. The van der Waals surface area contributed by atoms with Crippen molar-refractivity contribution >= 4 is 17.0 Å². The molecule has 1 N–H and O–H groups in total. The third-order valence-corrected chi connectivity index (χ3v) is 6.48. The number of aromatic nitrogens is 1. The van der Waals surface area contributed by atoms with Gasteiger partial charge in [-0.25, -0.2) is 4.98 Å². The lowest BCUT2D eigenvalue weighted by molar-refractivity contribution is 0.110. The molecule has 0 radical (unpaired) electrons. The van der Waals surface area contributed by atoms with E-state index in [1.165, 1.54) is 26.7 Å². The summed E-state index contributed by atoms with van der Waals surface area (Å²) in [7, 11) is 0. The molecule has 1 saturated heterocycles. The van der Waals surface area contributed by atoms with Gasteiger partial charge in [0.1, 0.15) is 0 Å². The number of likely N-dealkylation sites (tertiary alicyclic amines) is 1. The SMILES string of the molecule is CC(C)N1CC(c2ncc(-c3ccc4c(c3)NCC4(C)C)s2)C1. The maximum absolute atomic E-state index is 4.70. The smallest absolute Gasteiger partial charge is 0.0987 e. The van der Waals surface area contributed by atoms with Gasteiger partial charge in [-0.3, -0.25) is 4.90 Å². The molecule has 122 valence electrons. The molecule has 4 rings (SSSR count). The van der Waals surface area contributed by atoms with Crippen molar-refractivity contribution in [3.05, 3.63) is 35.0 Å². The van der Waals surface area contributed by atoms with Crippen molar-refractivity contribution in [3.8, 4) is 10.4 Å². The molecule has 2 aliphatic heterocycles. The number of anilines is 1. The maximum atomic E-state index is 4.70. The lowest BCUT2D eigenvalue weighted by Crippen LogP contribution is -2.48. The van der Waals surface area contributed by atoms with Crippen LogP contribution in [0.5, 0.6) is 0 Å². The van der Waals surface area contributed by atoms with Gasteiger partial charge in [-0.05, 0) is 31.0 Å². The maximum Gasteiger partial charge on any atom is 0.0987 e. The van der Waals surface area contributed by atoms with E-state index in [0.717, 1.165) is 19.6 Å². The summed E-state index contributed by atoms with van der Waals surface area (Å²) in [6.07, 6.45) is 2.06. The van der Waals surface area contributed by atoms with Crippen molar-refractivity contribution in [2.24, 2.45) is 0 Å². The number of hydrogen-bond donors (Lipinski definition) is 1. The van der Waals surface area contributed by atoms with Crippen LogP contribution in [0.1, 0.15) is 44.2 Å². The van der Waals surface area contributed by atoms with Gasteiger partial charge < -0.3 is 5.32 Å². The first kappa shape index (κ1) is 15.2. The summed E-state index contributed by atoms with van der Waals surface area (Å²) < 4.78 is 0. The Morgan fingerprint density at radius 2 is 2.09 bits per heavy atom. The highest BCUT2D eigenvalue weighted by atomic mass is 32.1. The monoisotopic (exact) mass is 327 g/mol. The van der Waals surface area contributed by atoms with Gasteiger partial charge in [-0.2, -0.15) is 0 Å². The van der Waals surface area contributed by atoms with Crippen LogP contribution in [0, 0.1) is 0 Å². The lowest BCUT2D eigenvalue weighted by Gasteiger charge is -2.41. The molecule has 0 saturated carbocycles. The minimum absolute atomic E-state index is 0.235. The average molecular weight is 327 g/mol. The highest BCUT2D eigenvalue weighted by molar-refractivity contribution is 7.15. The van der Waals surface area contributed by atoms with Crippen LogP contribution >= 0.6 is 11.3 Å². The molecule has 3 nitrogen and oxygen atoms in total. The second kappa shape index (κ2) is 5.32. The van der Waals surface area contributed by atoms with Crippen molar-refractivity contribution in [3.63, 3.8) is 0 Å². The normalized spacial score (nSPS) is 20.4. The molecule has 2 aromatic rings. The molecule has 4 heteroatoms. The Labute approximate surface area is 142 Å². The van der Waals surface area contributed by atoms with Crippen LogP contribution in [0.25, 0.3) is 10.4 Å². The van der Waals surface area contributed by atoms with Crippen LogP contribution < -0.4 is 5.32 Å². The Kier molecular flexibility index (Phi) is 3.50. The summed E-state index contributed by atoms with van der Waals surface area (Å²) in [5.74, 6) is 0.627. The van der Waals surface area contributed by atoms with E-state index in [0.29, 0.717) is 12.0 Å². The average Bonchev–Trinajstić information content (AvgIpc) is 3.02. The zero-order valence-corrected chi connectivity index (χ0v) is 15.2. The van der Waals surface area contributed by atoms with Crippen LogP contribution in [0.2, 0.25) is 0 Å². The van der Waals surface area contributed by atoms with Gasteiger partial charge in [0.25, 0.3) is 0 Å². The molecule has 0 amide bonds. The summed E-state index contributed by atoms with van der Waals surface area (Å²) in [5, 5.41) is 4.85. The Morgan fingerprint density at radius 3 is 2.83 bits per heavy atom. The Morgan fingerprint density at radius 1 is 1.30 bits per heavy atom. The fourth-order valence-electron chi connectivity index (χ4n) is 3.55. The van der Waals surface area contributed by atoms with E-state index in [1.54, 1.807) is 0 Å². The number of fused-ring (bicyclic) bond motifs is 1. The van der Waals surface area contributed by atoms with Crippen LogP contribution in [0.3, 0.4) is 0 Å². The van der Waals surface area contributed by atoms with E-state index < -0.39 is 0 Å². The topological polar surface area (TPSA) is 28.2 Å². The van der Waals surface area contributed by atoms with Crippen LogP contribution in [0.15, 0.2) is 24.4 Å². The molecule has 23 heavy (non-hydrogen) atoms. The summed E-state index contributed by atoms with van der Waals surface area (Å²) in [5.41, 5.74) is 4.24. The predicted molar refractivity (Wildman–Crippen MR) is 98.5 cm³/mol. The van der Waals surface area contributed by atoms with Gasteiger partial charge >= 0.3 is 0 Å². The van der Waals surface area contributed by atoms with Crippen molar-refractivity contribution in [2.75, 3.05) is 25.0 Å². The quantitative estimate of drug-likeness (QED) is 0.910. The van der Waals surface area contributed by atoms with Crippen LogP contribution in [-0.4, -0.2) is 35.6 Å². The number of rotatable bonds is 3. The first-order valence-corrected chi connectivity index (χ1v) is 9.34. The largest absolute Gasteiger partial charge is 0.384 e. The molecule has 0 aliphatic carbocycles. The van der Waals surface area contributed by atoms with E-state index in [4.69, 9.17) is 4.98 Å². The molecule has 1 aromatic heterocycles. The van der Waals surface area contributed by atoms with Crippen molar-refractivity contribution < 1.29 is 0 Å².